The summed E-state index contributed by atoms with van der Waals surface area (Å²) in [4.78, 5) is 45.6. The fourth-order valence-corrected chi connectivity index (χ4v) is 3.30. The molecule has 0 unspecified atom stereocenters. The molecule has 0 radical (unpaired) electrons. The van der Waals surface area contributed by atoms with Gasteiger partial charge in [-0.25, -0.2) is 18.8 Å². The summed E-state index contributed by atoms with van der Waals surface area (Å²) in [5.74, 6) is -6.34. The van der Waals surface area contributed by atoms with E-state index < -0.39 is 41.0 Å². The maximum absolute atomic E-state index is 15.2. The molecule has 3 rings (SSSR count). The number of esters is 3. The van der Waals surface area contributed by atoms with Gasteiger partial charge >= 0.3 is 17.9 Å². The number of hydrogen-bond donors (Lipinski definition) is 0. The second-order valence-electron chi connectivity index (χ2n) is 9.80. The van der Waals surface area contributed by atoms with Crippen LogP contribution >= 0.6 is 0 Å². The minimum atomic E-state index is -1.53. The Bertz CT molecular complexity index is 1700. The largest absolute Gasteiger partial charge is 0.493 e. The van der Waals surface area contributed by atoms with Gasteiger partial charge in [-0.1, -0.05) is 56.6 Å². The molecule has 3 aromatic carbocycles. The third-order valence-corrected chi connectivity index (χ3v) is 5.67. The molecule has 0 saturated carbocycles. The number of carbonyl (C=O) groups is 4. The molecule has 0 bridgehead atoms. The van der Waals surface area contributed by atoms with E-state index >= 15 is 8.78 Å². The van der Waals surface area contributed by atoms with E-state index in [-0.39, 0.29) is 33.6 Å². The smallest absolute Gasteiger partial charge is 0.338 e. The van der Waals surface area contributed by atoms with Crippen LogP contribution in [0.3, 0.4) is 0 Å². The lowest BCUT2D eigenvalue weighted by Crippen LogP contribution is -2.14. The zero-order valence-electron chi connectivity index (χ0n) is 25.5. The molecule has 0 aliphatic carbocycles. The van der Waals surface area contributed by atoms with Crippen molar-refractivity contribution in [3.63, 3.8) is 0 Å². The van der Waals surface area contributed by atoms with Gasteiger partial charge in [0, 0.05) is 22.3 Å². The number of halogens is 2. The Kier molecular flexibility index (Phi) is 12.4. The Morgan fingerprint density at radius 1 is 0.622 bits per heavy atom. The Morgan fingerprint density at radius 2 is 1.07 bits per heavy atom. The van der Waals surface area contributed by atoms with E-state index in [1.165, 1.54) is 40.0 Å². The van der Waals surface area contributed by atoms with E-state index in [0.29, 0.717) is 22.4 Å². The molecule has 3 aromatic rings. The number of rotatable bonds is 10. The number of benzene rings is 3. The Morgan fingerprint density at radius 3 is 1.53 bits per heavy atom. The van der Waals surface area contributed by atoms with Gasteiger partial charge in [-0.2, -0.15) is 4.39 Å². The highest BCUT2D eigenvalue weighted by molar-refractivity contribution is 5.92. The molecular formula is C35H32F2O8. The third kappa shape index (κ3) is 9.42. The number of aldehydes is 1. The van der Waals surface area contributed by atoms with Crippen LogP contribution in [0.5, 0.6) is 23.0 Å². The zero-order valence-corrected chi connectivity index (χ0v) is 25.5. The number of carbonyl (C=O) groups excluding carboxylic acids is 4. The second-order valence-corrected chi connectivity index (χ2v) is 9.80. The maximum Gasteiger partial charge on any atom is 0.338 e. The van der Waals surface area contributed by atoms with Gasteiger partial charge in [-0.15, -0.1) is 0 Å². The molecule has 10 heteroatoms. The number of ether oxygens (including phenoxy) is 4. The monoisotopic (exact) mass is 618 g/mol. The number of allylic oxidation sites excluding steroid dienone is 1. The van der Waals surface area contributed by atoms with Gasteiger partial charge in [0.15, 0.2) is 23.1 Å². The van der Waals surface area contributed by atoms with Gasteiger partial charge in [0.05, 0.1) is 7.11 Å². The average Bonchev–Trinajstić information content (AvgIpc) is 3.00. The molecule has 234 valence electrons. The van der Waals surface area contributed by atoms with E-state index in [1.807, 2.05) is 0 Å². The minimum absolute atomic E-state index is 0.0133. The maximum atomic E-state index is 15.2. The van der Waals surface area contributed by atoms with Crippen molar-refractivity contribution in [3.8, 4) is 45.3 Å². The summed E-state index contributed by atoms with van der Waals surface area (Å²) in [6.45, 7) is 19.6. The van der Waals surface area contributed by atoms with E-state index in [4.69, 9.17) is 18.9 Å². The Balaban J connectivity index is 0.00000130. The van der Waals surface area contributed by atoms with Crippen molar-refractivity contribution in [3.05, 3.63) is 109 Å². The van der Waals surface area contributed by atoms with Gasteiger partial charge < -0.3 is 18.9 Å². The van der Waals surface area contributed by atoms with Crippen molar-refractivity contribution < 1.29 is 46.9 Å². The molecule has 0 aromatic heterocycles. The van der Waals surface area contributed by atoms with Crippen LogP contribution in [-0.4, -0.2) is 31.3 Å². The van der Waals surface area contributed by atoms with Gasteiger partial charge in [0.25, 0.3) is 0 Å². The van der Waals surface area contributed by atoms with Crippen molar-refractivity contribution in [1.82, 2.24) is 0 Å². The molecule has 0 atom stereocenters. The molecule has 0 saturated heterocycles. The Hall–Kier alpha value is -5.64. The molecule has 0 amide bonds. The van der Waals surface area contributed by atoms with Crippen LogP contribution in [0, 0.1) is 11.6 Å². The lowest BCUT2D eigenvalue weighted by atomic mass is 9.99. The summed E-state index contributed by atoms with van der Waals surface area (Å²) in [7, 11) is 1.43. The molecule has 0 fully saturated rings. The van der Waals surface area contributed by atoms with Crippen molar-refractivity contribution >= 4 is 24.2 Å². The highest BCUT2D eigenvalue weighted by atomic mass is 19.2. The van der Waals surface area contributed by atoms with Crippen LogP contribution in [0.25, 0.3) is 22.3 Å². The molecule has 45 heavy (non-hydrogen) atoms. The van der Waals surface area contributed by atoms with Crippen LogP contribution in [0.2, 0.25) is 0 Å². The lowest BCUT2D eigenvalue weighted by Gasteiger charge is -2.15. The highest BCUT2D eigenvalue weighted by Gasteiger charge is 2.26. The second kappa shape index (κ2) is 15.7. The molecule has 0 heterocycles. The van der Waals surface area contributed by atoms with Crippen molar-refractivity contribution in [1.29, 1.82) is 0 Å². The summed E-state index contributed by atoms with van der Waals surface area (Å²) in [6, 6.07) is 12.3. The predicted molar refractivity (Wildman–Crippen MR) is 166 cm³/mol. The fourth-order valence-electron chi connectivity index (χ4n) is 3.30. The normalized spacial score (nSPS) is 9.93. The molecular weight excluding hydrogens is 586 g/mol. The predicted octanol–water partition coefficient (Wildman–Crippen LogP) is 7.51. The topological polar surface area (TPSA) is 105 Å². The third-order valence-electron chi connectivity index (χ3n) is 5.67. The van der Waals surface area contributed by atoms with E-state index in [9.17, 15) is 19.2 Å². The summed E-state index contributed by atoms with van der Waals surface area (Å²) in [5, 5.41) is 0. The molecule has 0 spiro atoms. The van der Waals surface area contributed by atoms with E-state index in [2.05, 4.69) is 26.3 Å². The SMILES string of the molecule is C=C(C)C(=O)Oc1cc(-c2ccc(-c3cc(OC(=O)C(=C)C)c(OC(=O)C(=C)C)c(F)c3F)cc2)ccc1OC.C=C(C)C=O. The van der Waals surface area contributed by atoms with Gasteiger partial charge in [-0.05, 0) is 68.2 Å². The van der Waals surface area contributed by atoms with Crippen molar-refractivity contribution in [2.45, 2.75) is 27.7 Å². The average molecular weight is 619 g/mol. The van der Waals surface area contributed by atoms with Gasteiger partial charge in [-0.3, -0.25) is 4.79 Å². The first-order valence-electron chi connectivity index (χ1n) is 13.2. The summed E-state index contributed by atoms with van der Waals surface area (Å²) < 4.78 is 51.0. The molecule has 0 aliphatic heterocycles. The van der Waals surface area contributed by atoms with E-state index in [0.717, 1.165) is 12.4 Å². The molecule has 0 N–H and O–H groups in total. The molecule has 0 aliphatic rings. The summed E-state index contributed by atoms with van der Waals surface area (Å²) in [6.07, 6.45) is 0.722. The minimum Gasteiger partial charge on any atom is -0.493 e. The van der Waals surface area contributed by atoms with Gasteiger partial charge in [0.2, 0.25) is 11.6 Å². The number of hydrogen-bond acceptors (Lipinski definition) is 8. The van der Waals surface area contributed by atoms with Gasteiger partial charge in [0.1, 0.15) is 6.29 Å². The summed E-state index contributed by atoms with van der Waals surface area (Å²) >= 11 is 0. The Labute approximate surface area is 259 Å². The lowest BCUT2D eigenvalue weighted by molar-refractivity contribution is -0.132. The first-order chi connectivity index (χ1) is 21.1. The summed E-state index contributed by atoms with van der Waals surface area (Å²) in [5.41, 5.74) is 1.96. The first kappa shape index (κ1) is 35.6. The standard InChI is InChI=1S/C31H26F2O7.C4H6O/c1-16(2)29(34)38-24-14-21(12-13-23(24)37-7)19-8-10-20(11-9-19)22-15-25(39-30(35)17(3)4)28(27(33)26(22)32)40-31(36)18(5)6;1-4(2)3-5/h8-15H,1,3,5H2,2,4,6-7H3;3H,1H2,2H3. The number of methoxy groups -OCH3 is 1. The van der Waals surface area contributed by atoms with Crippen LogP contribution in [0.4, 0.5) is 8.78 Å². The van der Waals surface area contributed by atoms with Crippen LogP contribution in [0.15, 0.2) is 97.1 Å². The zero-order chi connectivity index (χ0) is 34.0. The van der Waals surface area contributed by atoms with Crippen LogP contribution in [-0.2, 0) is 19.2 Å². The molecule has 8 nitrogen and oxygen atoms in total. The quantitative estimate of drug-likeness (QED) is 0.0995. The fraction of sp³-hybridized carbons (Fsp3) is 0.143. The van der Waals surface area contributed by atoms with Crippen LogP contribution in [0.1, 0.15) is 27.7 Å². The highest BCUT2D eigenvalue weighted by Crippen LogP contribution is 2.40. The van der Waals surface area contributed by atoms with E-state index in [1.54, 1.807) is 37.3 Å². The first-order valence-corrected chi connectivity index (χ1v) is 13.2. The van der Waals surface area contributed by atoms with Crippen LogP contribution < -0.4 is 18.9 Å². The van der Waals surface area contributed by atoms with Crippen molar-refractivity contribution in [2.75, 3.05) is 7.11 Å². The van der Waals surface area contributed by atoms with Crippen molar-refractivity contribution in [2.24, 2.45) is 0 Å².